The standard InChI is InChI=1S/C14H15ClFN3OS/c1-3-12(13(20)19-14-17-8(2)7-21-14)18-9-4-5-11(16)10(15)6-9/h4-7,12,18H,3H2,1-2H3,(H,17,19,20)/t12-/m0/s1. The minimum Gasteiger partial charge on any atom is -0.374 e. The molecule has 0 aliphatic carbocycles. The molecule has 7 heteroatoms. The highest BCUT2D eigenvalue weighted by Crippen LogP contribution is 2.21. The van der Waals surface area contributed by atoms with Gasteiger partial charge >= 0.3 is 0 Å². The molecule has 0 unspecified atom stereocenters. The van der Waals surface area contributed by atoms with E-state index in [1.165, 1.54) is 23.5 Å². The topological polar surface area (TPSA) is 54.0 Å². The zero-order valence-corrected chi connectivity index (χ0v) is 13.2. The molecule has 1 amide bonds. The van der Waals surface area contributed by atoms with Gasteiger partial charge in [0.2, 0.25) is 5.91 Å². The van der Waals surface area contributed by atoms with Gasteiger partial charge in [0.1, 0.15) is 11.9 Å². The van der Waals surface area contributed by atoms with Crippen LogP contribution in [0.1, 0.15) is 19.0 Å². The molecule has 1 atom stereocenters. The van der Waals surface area contributed by atoms with Crippen LogP contribution in [0.3, 0.4) is 0 Å². The fourth-order valence-electron chi connectivity index (χ4n) is 1.74. The molecule has 0 saturated heterocycles. The Morgan fingerprint density at radius 1 is 1.52 bits per heavy atom. The van der Waals surface area contributed by atoms with E-state index in [0.717, 1.165) is 5.69 Å². The average Bonchev–Trinajstić information content (AvgIpc) is 2.85. The molecule has 0 radical (unpaired) electrons. The smallest absolute Gasteiger partial charge is 0.248 e. The number of aryl methyl sites for hydroxylation is 1. The number of rotatable bonds is 5. The number of hydrogen-bond acceptors (Lipinski definition) is 4. The van der Waals surface area contributed by atoms with Crippen LogP contribution < -0.4 is 10.6 Å². The highest BCUT2D eigenvalue weighted by Gasteiger charge is 2.17. The number of anilines is 2. The number of halogens is 2. The van der Waals surface area contributed by atoms with E-state index in [4.69, 9.17) is 11.6 Å². The van der Waals surface area contributed by atoms with E-state index < -0.39 is 11.9 Å². The Balaban J connectivity index is 2.04. The Morgan fingerprint density at radius 2 is 2.29 bits per heavy atom. The van der Waals surface area contributed by atoms with E-state index in [1.807, 2.05) is 19.2 Å². The van der Waals surface area contributed by atoms with Crippen LogP contribution in [0.4, 0.5) is 15.2 Å². The first kappa shape index (κ1) is 15.7. The number of benzene rings is 1. The molecule has 2 rings (SSSR count). The highest BCUT2D eigenvalue weighted by atomic mass is 35.5. The van der Waals surface area contributed by atoms with Crippen LogP contribution in [-0.2, 0) is 4.79 Å². The number of carbonyl (C=O) groups excluding carboxylic acids is 1. The van der Waals surface area contributed by atoms with Gasteiger partial charge in [-0.15, -0.1) is 11.3 Å². The third kappa shape index (κ3) is 4.15. The maximum atomic E-state index is 13.1. The van der Waals surface area contributed by atoms with Crippen LogP contribution in [-0.4, -0.2) is 16.9 Å². The van der Waals surface area contributed by atoms with Gasteiger partial charge in [-0.05, 0) is 31.5 Å². The molecule has 112 valence electrons. The normalized spacial score (nSPS) is 12.0. The van der Waals surface area contributed by atoms with E-state index >= 15 is 0 Å². The molecule has 2 aromatic rings. The molecule has 1 aromatic heterocycles. The first-order chi connectivity index (χ1) is 9.99. The molecule has 0 spiro atoms. The summed E-state index contributed by atoms with van der Waals surface area (Å²) in [5.41, 5.74) is 1.46. The van der Waals surface area contributed by atoms with E-state index in [0.29, 0.717) is 17.2 Å². The van der Waals surface area contributed by atoms with Gasteiger partial charge in [0.05, 0.1) is 10.7 Å². The molecule has 0 aliphatic heterocycles. The van der Waals surface area contributed by atoms with Crippen LogP contribution >= 0.6 is 22.9 Å². The van der Waals surface area contributed by atoms with Crippen LogP contribution in [0.25, 0.3) is 0 Å². The summed E-state index contributed by atoms with van der Waals surface area (Å²) in [6, 6.07) is 3.82. The van der Waals surface area contributed by atoms with Crippen LogP contribution in [0.15, 0.2) is 23.6 Å². The van der Waals surface area contributed by atoms with Crippen molar-refractivity contribution >= 4 is 39.7 Å². The van der Waals surface area contributed by atoms with Gasteiger partial charge in [0, 0.05) is 11.1 Å². The van der Waals surface area contributed by atoms with E-state index in [-0.39, 0.29) is 10.9 Å². The van der Waals surface area contributed by atoms with Crippen LogP contribution in [0.2, 0.25) is 5.02 Å². The van der Waals surface area contributed by atoms with Gasteiger partial charge in [-0.2, -0.15) is 0 Å². The average molecular weight is 328 g/mol. The highest BCUT2D eigenvalue weighted by molar-refractivity contribution is 7.13. The number of hydrogen-bond donors (Lipinski definition) is 2. The summed E-state index contributed by atoms with van der Waals surface area (Å²) in [5.74, 6) is -0.676. The summed E-state index contributed by atoms with van der Waals surface area (Å²) < 4.78 is 13.1. The number of nitrogens with zero attached hydrogens (tertiary/aromatic N) is 1. The summed E-state index contributed by atoms with van der Waals surface area (Å²) in [6.07, 6.45) is 0.575. The lowest BCUT2D eigenvalue weighted by Gasteiger charge is -2.17. The predicted octanol–water partition coefficient (Wildman–Crippen LogP) is 4.07. The van der Waals surface area contributed by atoms with Gasteiger partial charge in [-0.1, -0.05) is 18.5 Å². The number of carbonyl (C=O) groups is 1. The summed E-state index contributed by atoms with van der Waals surface area (Å²) in [4.78, 5) is 16.4. The Kier molecular flexibility index (Phi) is 5.14. The van der Waals surface area contributed by atoms with Crippen molar-refractivity contribution in [1.29, 1.82) is 0 Å². The summed E-state index contributed by atoms with van der Waals surface area (Å²) in [6.45, 7) is 3.75. The fraction of sp³-hybridized carbons (Fsp3) is 0.286. The Labute approximate surface area is 131 Å². The number of thiazole rings is 1. The Morgan fingerprint density at radius 3 is 2.86 bits per heavy atom. The van der Waals surface area contributed by atoms with Crippen LogP contribution in [0, 0.1) is 12.7 Å². The second-order valence-corrected chi connectivity index (χ2v) is 5.78. The lowest BCUT2D eigenvalue weighted by Crippen LogP contribution is -2.34. The molecule has 0 bridgehead atoms. The van der Waals surface area contributed by atoms with Crippen LogP contribution in [0.5, 0.6) is 0 Å². The third-order valence-electron chi connectivity index (χ3n) is 2.83. The molecule has 21 heavy (non-hydrogen) atoms. The Hall–Kier alpha value is -1.66. The van der Waals surface area contributed by atoms with Gasteiger partial charge < -0.3 is 10.6 Å². The number of nitrogens with one attached hydrogen (secondary N) is 2. The second-order valence-electron chi connectivity index (χ2n) is 4.52. The van der Waals surface area contributed by atoms with Crippen molar-refractivity contribution in [3.8, 4) is 0 Å². The minimum atomic E-state index is -0.488. The van der Waals surface area contributed by atoms with Crippen molar-refractivity contribution in [3.63, 3.8) is 0 Å². The maximum Gasteiger partial charge on any atom is 0.248 e. The molecule has 4 nitrogen and oxygen atoms in total. The van der Waals surface area contributed by atoms with Gasteiger partial charge in [-0.3, -0.25) is 4.79 Å². The maximum absolute atomic E-state index is 13.1. The lowest BCUT2D eigenvalue weighted by molar-refractivity contribution is -0.116. The molecular weight excluding hydrogens is 313 g/mol. The van der Waals surface area contributed by atoms with Gasteiger partial charge in [0.15, 0.2) is 5.13 Å². The van der Waals surface area contributed by atoms with Crippen molar-refractivity contribution in [2.24, 2.45) is 0 Å². The van der Waals surface area contributed by atoms with Gasteiger partial charge in [0.25, 0.3) is 0 Å². The first-order valence-corrected chi connectivity index (χ1v) is 7.70. The summed E-state index contributed by atoms with van der Waals surface area (Å²) >= 11 is 7.10. The number of amides is 1. The minimum absolute atomic E-state index is 0.0193. The molecule has 2 N–H and O–H groups in total. The van der Waals surface area contributed by atoms with Crippen molar-refractivity contribution in [1.82, 2.24) is 4.98 Å². The summed E-state index contributed by atoms with van der Waals surface area (Å²) in [7, 11) is 0. The van der Waals surface area contributed by atoms with Crippen molar-refractivity contribution in [2.45, 2.75) is 26.3 Å². The molecule has 0 aliphatic rings. The quantitative estimate of drug-likeness (QED) is 0.870. The number of aromatic nitrogens is 1. The third-order valence-corrected chi connectivity index (χ3v) is 4.00. The zero-order valence-electron chi connectivity index (χ0n) is 11.6. The summed E-state index contributed by atoms with van der Waals surface area (Å²) in [5, 5.41) is 8.24. The largest absolute Gasteiger partial charge is 0.374 e. The van der Waals surface area contributed by atoms with Crippen molar-refractivity contribution < 1.29 is 9.18 Å². The molecular formula is C14H15ClFN3OS. The van der Waals surface area contributed by atoms with Crippen molar-refractivity contribution in [3.05, 3.63) is 40.1 Å². The predicted molar refractivity (Wildman–Crippen MR) is 84.6 cm³/mol. The van der Waals surface area contributed by atoms with E-state index in [1.54, 1.807) is 6.07 Å². The zero-order chi connectivity index (χ0) is 15.4. The molecule has 1 heterocycles. The van der Waals surface area contributed by atoms with E-state index in [2.05, 4.69) is 15.6 Å². The SMILES string of the molecule is CC[C@H](Nc1ccc(F)c(Cl)c1)C(=O)Nc1nc(C)cs1. The second kappa shape index (κ2) is 6.87. The van der Waals surface area contributed by atoms with E-state index in [9.17, 15) is 9.18 Å². The van der Waals surface area contributed by atoms with Gasteiger partial charge in [-0.25, -0.2) is 9.37 Å². The molecule has 0 saturated carbocycles. The first-order valence-electron chi connectivity index (χ1n) is 6.44. The fourth-order valence-corrected chi connectivity index (χ4v) is 2.62. The molecule has 0 fully saturated rings. The molecule has 1 aromatic carbocycles. The Bertz CT molecular complexity index is 647. The van der Waals surface area contributed by atoms with Crippen molar-refractivity contribution in [2.75, 3.05) is 10.6 Å². The monoisotopic (exact) mass is 327 g/mol. The lowest BCUT2D eigenvalue weighted by atomic mass is 10.2.